The van der Waals surface area contributed by atoms with Gasteiger partial charge >= 0.3 is 0 Å². The lowest BCUT2D eigenvalue weighted by molar-refractivity contribution is -0.142. The third kappa shape index (κ3) is 3.60. The van der Waals surface area contributed by atoms with E-state index in [1.807, 2.05) is 0 Å². The molecule has 6 heteroatoms. The Kier molecular flexibility index (Phi) is 4.45. The molecule has 2 aromatic rings. The van der Waals surface area contributed by atoms with Gasteiger partial charge in [0.1, 0.15) is 22.9 Å². The molecule has 0 bridgehead atoms. The maximum atomic E-state index is 12.9. The Labute approximate surface area is 133 Å². The minimum absolute atomic E-state index is 0.204. The Balaban J connectivity index is 1.61. The number of furan rings is 1. The molecule has 0 atom stereocenters. The largest absolute Gasteiger partial charge is 0.459 e. The molecule has 1 aliphatic heterocycles. The predicted octanol–water partition coefficient (Wildman–Crippen LogP) is 1.82. The van der Waals surface area contributed by atoms with Crippen LogP contribution in [0, 0.1) is 5.82 Å². The van der Waals surface area contributed by atoms with Crippen LogP contribution in [0.3, 0.4) is 0 Å². The van der Waals surface area contributed by atoms with E-state index in [1.54, 1.807) is 24.3 Å². The summed E-state index contributed by atoms with van der Waals surface area (Å²) in [4.78, 5) is 12.1. The van der Waals surface area contributed by atoms with E-state index in [0.717, 1.165) is 5.56 Å². The average Bonchev–Trinajstić information content (AvgIpc) is 3.03. The third-order valence-corrected chi connectivity index (χ3v) is 4.07. The summed E-state index contributed by atoms with van der Waals surface area (Å²) in [5, 5.41) is 16.1. The van der Waals surface area contributed by atoms with Crippen LogP contribution in [-0.4, -0.2) is 29.7 Å². The van der Waals surface area contributed by atoms with E-state index in [9.17, 15) is 14.3 Å². The quantitative estimate of drug-likeness (QED) is 0.804. The lowest BCUT2D eigenvalue weighted by atomic mass is 9.91. The van der Waals surface area contributed by atoms with Gasteiger partial charge in [0.05, 0.1) is 6.54 Å². The highest BCUT2D eigenvalue weighted by Gasteiger charge is 2.36. The summed E-state index contributed by atoms with van der Waals surface area (Å²) in [6, 6.07) is 9.53. The van der Waals surface area contributed by atoms with E-state index in [-0.39, 0.29) is 18.3 Å². The molecule has 0 unspecified atom stereocenters. The van der Waals surface area contributed by atoms with E-state index in [1.165, 1.54) is 12.1 Å². The molecule has 0 saturated carbocycles. The van der Waals surface area contributed by atoms with Crippen LogP contribution in [0.15, 0.2) is 40.8 Å². The molecule has 1 aliphatic rings. The van der Waals surface area contributed by atoms with Gasteiger partial charge < -0.3 is 20.2 Å². The monoisotopic (exact) mass is 318 g/mol. The number of rotatable bonds is 4. The SMILES string of the molecule is O=C(NCc1ccc(-c2ccc(F)cc2)o1)C1(O)CCNCC1. The number of aliphatic hydroxyl groups is 1. The van der Waals surface area contributed by atoms with Crippen molar-refractivity contribution in [3.05, 3.63) is 48.0 Å². The van der Waals surface area contributed by atoms with Crippen molar-refractivity contribution in [2.45, 2.75) is 25.0 Å². The zero-order valence-electron chi connectivity index (χ0n) is 12.6. The number of hydrogen-bond donors (Lipinski definition) is 3. The molecule has 23 heavy (non-hydrogen) atoms. The van der Waals surface area contributed by atoms with E-state index < -0.39 is 5.60 Å². The highest BCUT2D eigenvalue weighted by molar-refractivity contribution is 5.85. The Hall–Kier alpha value is -2.18. The maximum absolute atomic E-state index is 12.9. The topological polar surface area (TPSA) is 74.5 Å². The molecule has 0 aliphatic carbocycles. The second-order valence-corrected chi connectivity index (χ2v) is 5.74. The molecule has 1 saturated heterocycles. The van der Waals surface area contributed by atoms with Gasteiger partial charge in [0.15, 0.2) is 0 Å². The summed E-state index contributed by atoms with van der Waals surface area (Å²) in [7, 11) is 0. The summed E-state index contributed by atoms with van der Waals surface area (Å²) >= 11 is 0. The smallest absolute Gasteiger partial charge is 0.252 e. The fourth-order valence-corrected chi connectivity index (χ4v) is 2.64. The molecule has 0 radical (unpaired) electrons. The molecule has 1 aromatic heterocycles. The zero-order valence-corrected chi connectivity index (χ0v) is 12.6. The van der Waals surface area contributed by atoms with Crippen molar-refractivity contribution < 1.29 is 18.7 Å². The lowest BCUT2D eigenvalue weighted by Gasteiger charge is -2.30. The van der Waals surface area contributed by atoms with Gasteiger partial charge in [-0.1, -0.05) is 0 Å². The fourth-order valence-electron chi connectivity index (χ4n) is 2.64. The summed E-state index contributed by atoms with van der Waals surface area (Å²) in [6.07, 6.45) is 0.801. The number of hydrogen-bond acceptors (Lipinski definition) is 4. The molecule has 122 valence electrons. The van der Waals surface area contributed by atoms with Crippen LogP contribution in [0.2, 0.25) is 0 Å². The molecule has 0 spiro atoms. The van der Waals surface area contributed by atoms with Crippen molar-refractivity contribution in [2.24, 2.45) is 0 Å². The second kappa shape index (κ2) is 6.52. The molecule has 3 rings (SSSR count). The van der Waals surface area contributed by atoms with Crippen molar-refractivity contribution in [3.63, 3.8) is 0 Å². The molecule has 1 aromatic carbocycles. The van der Waals surface area contributed by atoms with Gasteiger partial charge in [-0.3, -0.25) is 4.79 Å². The van der Waals surface area contributed by atoms with Gasteiger partial charge in [-0.2, -0.15) is 0 Å². The number of piperidine rings is 1. The van der Waals surface area contributed by atoms with Crippen LogP contribution in [0.25, 0.3) is 11.3 Å². The Morgan fingerprint density at radius 2 is 1.91 bits per heavy atom. The standard InChI is InChI=1S/C17H19FN2O3/c18-13-3-1-12(2-4-13)15-6-5-14(23-15)11-20-16(21)17(22)7-9-19-10-8-17/h1-6,19,22H,7-11H2,(H,20,21). The van der Waals surface area contributed by atoms with Crippen LogP contribution in [0.5, 0.6) is 0 Å². The average molecular weight is 318 g/mol. The molecular weight excluding hydrogens is 299 g/mol. The number of benzene rings is 1. The highest BCUT2D eigenvalue weighted by Crippen LogP contribution is 2.23. The lowest BCUT2D eigenvalue weighted by Crippen LogP contribution is -2.52. The van der Waals surface area contributed by atoms with Crippen molar-refractivity contribution in [3.8, 4) is 11.3 Å². The first-order chi connectivity index (χ1) is 11.1. The Morgan fingerprint density at radius 3 is 2.61 bits per heavy atom. The number of nitrogens with one attached hydrogen (secondary N) is 2. The Bertz CT molecular complexity index is 675. The van der Waals surface area contributed by atoms with Crippen molar-refractivity contribution in [2.75, 3.05) is 13.1 Å². The van der Waals surface area contributed by atoms with Gasteiger partial charge in [0.2, 0.25) is 0 Å². The molecule has 2 heterocycles. The first-order valence-corrected chi connectivity index (χ1v) is 7.63. The van der Waals surface area contributed by atoms with Crippen LogP contribution in [0.1, 0.15) is 18.6 Å². The maximum Gasteiger partial charge on any atom is 0.252 e. The van der Waals surface area contributed by atoms with E-state index >= 15 is 0 Å². The fraction of sp³-hybridized carbons (Fsp3) is 0.353. The van der Waals surface area contributed by atoms with Gasteiger partial charge in [0, 0.05) is 5.56 Å². The second-order valence-electron chi connectivity index (χ2n) is 5.74. The van der Waals surface area contributed by atoms with E-state index in [4.69, 9.17) is 4.42 Å². The van der Waals surface area contributed by atoms with Crippen LogP contribution in [0.4, 0.5) is 4.39 Å². The summed E-state index contributed by atoms with van der Waals surface area (Å²) in [5.74, 6) is 0.506. The predicted molar refractivity (Wildman–Crippen MR) is 83.0 cm³/mol. The normalized spacial score (nSPS) is 17.0. The van der Waals surface area contributed by atoms with Gasteiger partial charge in [-0.25, -0.2) is 4.39 Å². The van der Waals surface area contributed by atoms with E-state index in [2.05, 4.69) is 10.6 Å². The minimum atomic E-state index is -1.31. The van der Waals surface area contributed by atoms with Crippen LogP contribution in [-0.2, 0) is 11.3 Å². The van der Waals surface area contributed by atoms with Crippen molar-refractivity contribution in [1.29, 1.82) is 0 Å². The van der Waals surface area contributed by atoms with Gasteiger partial charge in [-0.15, -0.1) is 0 Å². The first-order valence-electron chi connectivity index (χ1n) is 7.63. The molecular formula is C17H19FN2O3. The minimum Gasteiger partial charge on any atom is -0.459 e. The highest BCUT2D eigenvalue weighted by atomic mass is 19.1. The van der Waals surface area contributed by atoms with Gasteiger partial charge in [0.25, 0.3) is 5.91 Å². The van der Waals surface area contributed by atoms with Crippen molar-refractivity contribution >= 4 is 5.91 Å². The number of carbonyl (C=O) groups excluding carboxylic acids is 1. The van der Waals surface area contributed by atoms with Crippen LogP contribution < -0.4 is 10.6 Å². The Morgan fingerprint density at radius 1 is 1.22 bits per heavy atom. The molecule has 1 fully saturated rings. The molecule has 5 nitrogen and oxygen atoms in total. The summed E-state index contributed by atoms with van der Waals surface area (Å²) in [6.45, 7) is 1.45. The first kappa shape index (κ1) is 15.7. The van der Waals surface area contributed by atoms with Crippen molar-refractivity contribution in [1.82, 2.24) is 10.6 Å². The number of amides is 1. The number of halogens is 1. The van der Waals surface area contributed by atoms with E-state index in [0.29, 0.717) is 37.5 Å². The molecule has 3 N–H and O–H groups in total. The summed E-state index contributed by atoms with van der Waals surface area (Å²) < 4.78 is 18.6. The van der Waals surface area contributed by atoms with Gasteiger partial charge in [-0.05, 0) is 62.3 Å². The van der Waals surface area contributed by atoms with Crippen LogP contribution >= 0.6 is 0 Å². The third-order valence-electron chi connectivity index (χ3n) is 4.07. The molecule has 1 amide bonds. The summed E-state index contributed by atoms with van der Waals surface area (Å²) in [5.41, 5.74) is -0.543. The zero-order chi connectivity index (χ0) is 16.3. The number of carbonyl (C=O) groups is 1.